The number of amides is 3. The number of aliphatic hydroxyl groups excluding tert-OH is 3. The Labute approximate surface area is 474 Å². The van der Waals surface area contributed by atoms with Gasteiger partial charge in [-0.25, -0.2) is 9.97 Å². The highest BCUT2D eigenvalue weighted by Gasteiger charge is 2.40. The second-order valence-electron chi connectivity index (χ2n) is 18.9. The van der Waals surface area contributed by atoms with Crippen molar-refractivity contribution < 1.29 is 97.6 Å². The minimum atomic E-state index is -4.61. The maximum atomic E-state index is 13.0. The number of carbonyl (C=O) groups excluding carboxylic acids is 3. The van der Waals surface area contributed by atoms with Crippen LogP contribution in [0.1, 0.15) is 52.9 Å². The second kappa shape index (κ2) is 29.2. The molecule has 3 aliphatic rings. The highest BCUT2D eigenvalue weighted by molar-refractivity contribution is 5.79. The predicted molar refractivity (Wildman–Crippen MR) is 278 cm³/mol. The summed E-state index contributed by atoms with van der Waals surface area (Å²) < 4.78 is 150. The predicted octanol–water partition coefficient (Wildman–Crippen LogP) is 7.95. The van der Waals surface area contributed by atoms with Crippen molar-refractivity contribution in [2.24, 2.45) is 0 Å². The first-order valence-electron chi connectivity index (χ1n) is 26.0. The largest absolute Gasteiger partial charge is 0.486 e. The fourth-order valence-electron chi connectivity index (χ4n) is 8.58. The lowest BCUT2D eigenvalue weighted by atomic mass is 10.2. The van der Waals surface area contributed by atoms with Gasteiger partial charge in [-0.1, -0.05) is 36.4 Å². The van der Waals surface area contributed by atoms with E-state index in [1.807, 2.05) is 0 Å². The number of hydrogen-bond acceptors (Lipinski definition) is 15. The minimum Gasteiger partial charge on any atom is -0.486 e. The van der Waals surface area contributed by atoms with Crippen molar-refractivity contribution >= 4 is 17.7 Å². The van der Waals surface area contributed by atoms with Gasteiger partial charge in [0.1, 0.15) is 46.9 Å². The number of nitrogens with zero attached hydrogens (tertiary/aromatic N) is 6. The molecule has 9 rings (SSSR count). The van der Waals surface area contributed by atoms with Gasteiger partial charge in [-0.3, -0.25) is 19.4 Å². The third kappa shape index (κ3) is 18.5. The zero-order chi connectivity index (χ0) is 60.4. The molecule has 6 aromatic rings. The van der Waals surface area contributed by atoms with Crippen LogP contribution in [0.25, 0.3) is 0 Å². The number of hydrogen-bond donors (Lipinski definition) is 3. The molecule has 3 N–H and O–H groups in total. The number of benzene rings is 3. The summed E-state index contributed by atoms with van der Waals surface area (Å²) in [6, 6.07) is 26.1. The maximum absolute atomic E-state index is 13.0. The van der Waals surface area contributed by atoms with E-state index in [9.17, 15) is 53.9 Å². The van der Waals surface area contributed by atoms with Gasteiger partial charge in [0.05, 0.1) is 45.7 Å². The number of pyridine rings is 3. The normalized spacial score (nSPS) is 16.9. The fraction of sp³-hybridized carbons (Fsp3) is 0.368. The van der Waals surface area contributed by atoms with Crippen LogP contribution < -0.4 is 28.4 Å². The number of aliphatic hydroxyl groups is 3. The third-order valence-electron chi connectivity index (χ3n) is 12.9. The average Bonchev–Trinajstić information content (AvgIpc) is 4.12. The Balaban J connectivity index is 0.000000181. The van der Waals surface area contributed by atoms with Crippen molar-refractivity contribution in [2.75, 3.05) is 59.1 Å². The number of aromatic nitrogens is 3. The van der Waals surface area contributed by atoms with Crippen LogP contribution >= 0.6 is 0 Å². The molecule has 3 aromatic heterocycles. The summed E-state index contributed by atoms with van der Waals surface area (Å²) in [7, 11) is 0. The number of halogens is 9. The molecule has 3 atom stereocenters. The van der Waals surface area contributed by atoms with Crippen LogP contribution in [0.5, 0.6) is 34.5 Å². The van der Waals surface area contributed by atoms with E-state index < -0.39 is 53.8 Å². The Morgan fingerprint density at radius 1 is 0.452 bits per heavy atom. The molecule has 27 heteroatoms. The van der Waals surface area contributed by atoms with E-state index in [0.29, 0.717) is 56.1 Å². The smallest absolute Gasteiger partial charge is 0.437 e. The van der Waals surface area contributed by atoms with Gasteiger partial charge in [-0.05, 0) is 83.4 Å². The first-order chi connectivity index (χ1) is 40.1. The molecular weight excluding hydrogens is 1130 g/mol. The molecule has 3 aromatic carbocycles. The van der Waals surface area contributed by atoms with Crippen LogP contribution in [0.4, 0.5) is 39.5 Å². The van der Waals surface area contributed by atoms with Crippen molar-refractivity contribution in [3.8, 4) is 34.5 Å². The molecule has 450 valence electrons. The second-order valence-corrected chi connectivity index (χ2v) is 18.9. The van der Waals surface area contributed by atoms with Crippen LogP contribution in [0.2, 0.25) is 0 Å². The van der Waals surface area contributed by atoms with Crippen LogP contribution in [0.15, 0.2) is 128 Å². The van der Waals surface area contributed by atoms with Crippen molar-refractivity contribution in [2.45, 2.75) is 75.9 Å². The fourth-order valence-corrected chi connectivity index (χ4v) is 8.58. The molecule has 0 radical (unpaired) electrons. The molecule has 3 saturated heterocycles. The van der Waals surface area contributed by atoms with Gasteiger partial charge < -0.3 is 58.4 Å². The number of alkyl halides is 9. The number of carbonyl (C=O) groups is 3. The standard InChI is InChI=1S/3C19H19F3N2O4/c20-19(21,22)16-5-7-23-9-17(16)28-15-6-8-24(10-15)18(26)12-27-14-3-1-13(11-25)2-4-14;2*20-19(21,22)18-16(2-1-8-23-18)28-15-7-9-24(10-15)17(26)12-27-14-5-3-13(11-25)4-6-14/h1-5,7,9,15,25H,6,8,10-12H2;2*1-6,8,15,25H,7,9-12H2/t3*15-/m010/s1. The van der Waals surface area contributed by atoms with Crippen molar-refractivity contribution in [1.82, 2.24) is 29.7 Å². The van der Waals surface area contributed by atoms with E-state index >= 15 is 0 Å². The molecule has 18 nitrogen and oxygen atoms in total. The number of rotatable bonds is 18. The number of ether oxygens (including phenoxy) is 6. The van der Waals surface area contributed by atoms with E-state index in [0.717, 1.165) is 47.5 Å². The molecule has 0 aliphatic carbocycles. The van der Waals surface area contributed by atoms with Gasteiger partial charge in [-0.15, -0.1) is 0 Å². The summed E-state index contributed by atoms with van der Waals surface area (Å²) in [6.07, 6.45) is -9.91. The van der Waals surface area contributed by atoms with Crippen LogP contribution in [0.3, 0.4) is 0 Å². The zero-order valence-electron chi connectivity index (χ0n) is 44.6. The maximum Gasteiger partial charge on any atom is 0.437 e. The van der Waals surface area contributed by atoms with Crippen LogP contribution in [-0.4, -0.2) is 140 Å². The van der Waals surface area contributed by atoms with Crippen LogP contribution in [-0.2, 0) is 52.7 Å². The van der Waals surface area contributed by atoms with Gasteiger partial charge >= 0.3 is 18.5 Å². The molecule has 6 heterocycles. The van der Waals surface area contributed by atoms with Crippen LogP contribution in [0, 0.1) is 0 Å². The SMILES string of the molecule is O=C(COc1ccc(CO)cc1)N1CC[C@@H](Oc2cccnc2C(F)(F)F)C1.O=C(COc1ccc(CO)cc1)N1CC[C@H](Oc2cccnc2C(F)(F)F)C1.O=C(COc1ccc(CO)cc1)N1CC[C@H](Oc2cnccc2C(F)(F)F)C1. The Kier molecular flexibility index (Phi) is 22.0. The minimum absolute atomic E-state index is 0.0820. The topological polar surface area (TPSA) is 216 Å². The zero-order valence-corrected chi connectivity index (χ0v) is 44.6. The van der Waals surface area contributed by atoms with E-state index in [-0.39, 0.29) is 94.2 Å². The Bertz CT molecular complexity index is 2760. The van der Waals surface area contributed by atoms with Gasteiger partial charge in [-0.2, -0.15) is 39.5 Å². The quantitative estimate of drug-likeness (QED) is 0.0696. The monoisotopic (exact) mass is 1190 g/mol. The highest BCUT2D eigenvalue weighted by Crippen LogP contribution is 2.38. The Morgan fingerprint density at radius 2 is 0.786 bits per heavy atom. The lowest BCUT2D eigenvalue weighted by molar-refractivity contribution is -0.143. The summed E-state index contributed by atoms with van der Waals surface area (Å²) in [5, 5.41) is 27.0. The molecule has 0 spiro atoms. The molecule has 0 saturated carbocycles. The van der Waals surface area contributed by atoms with Crippen molar-refractivity contribution in [3.63, 3.8) is 0 Å². The summed E-state index contributed by atoms with van der Waals surface area (Å²) in [6.45, 7) is 0.842. The van der Waals surface area contributed by atoms with Gasteiger partial charge in [0, 0.05) is 57.5 Å². The number of likely N-dealkylation sites (tertiary alicyclic amines) is 3. The average molecular weight is 1190 g/mol. The van der Waals surface area contributed by atoms with Crippen molar-refractivity contribution in [1.29, 1.82) is 0 Å². The highest BCUT2D eigenvalue weighted by atomic mass is 19.4. The molecule has 0 bridgehead atoms. The first kappa shape index (κ1) is 63.2. The molecule has 3 fully saturated rings. The summed E-state index contributed by atoms with van der Waals surface area (Å²) in [4.78, 5) is 51.7. The van der Waals surface area contributed by atoms with E-state index in [1.54, 1.807) is 72.8 Å². The van der Waals surface area contributed by atoms with Gasteiger partial charge in [0.2, 0.25) is 0 Å². The van der Waals surface area contributed by atoms with E-state index in [2.05, 4.69) is 15.0 Å². The Morgan fingerprint density at radius 3 is 1.10 bits per heavy atom. The Hall–Kier alpha value is -8.43. The molecule has 3 amide bonds. The lowest BCUT2D eigenvalue weighted by Gasteiger charge is -2.19. The van der Waals surface area contributed by atoms with E-state index in [4.69, 9.17) is 43.7 Å². The molecule has 84 heavy (non-hydrogen) atoms. The van der Waals surface area contributed by atoms with E-state index in [1.165, 1.54) is 39.0 Å². The first-order valence-corrected chi connectivity index (χ1v) is 26.0. The van der Waals surface area contributed by atoms with Gasteiger partial charge in [0.25, 0.3) is 17.7 Å². The van der Waals surface area contributed by atoms with Crippen molar-refractivity contribution in [3.05, 3.63) is 162 Å². The summed E-state index contributed by atoms with van der Waals surface area (Å²) in [5.74, 6) is -0.384. The molecular formula is C57H57F9N6O12. The summed E-state index contributed by atoms with van der Waals surface area (Å²) in [5.41, 5.74) is -0.851. The lowest BCUT2D eigenvalue weighted by Crippen LogP contribution is -2.34. The van der Waals surface area contributed by atoms with Gasteiger partial charge in [0.15, 0.2) is 42.7 Å². The molecule has 3 aliphatic heterocycles. The third-order valence-corrected chi connectivity index (χ3v) is 12.9. The molecule has 0 unspecified atom stereocenters. The summed E-state index contributed by atoms with van der Waals surface area (Å²) >= 11 is 0.